The fourth-order valence-corrected chi connectivity index (χ4v) is 14.3. The molecule has 12 aromatic rings. The highest BCUT2D eigenvalue weighted by molar-refractivity contribution is 6.14. The molecule has 18 rings (SSSR count). The number of nitrogens with zero attached hydrogens (tertiary/aromatic N) is 20. The summed E-state index contributed by atoms with van der Waals surface area (Å²) in [6.45, 7) is 14.5. The summed E-state index contributed by atoms with van der Waals surface area (Å²) < 4.78 is 40.0. The van der Waals surface area contributed by atoms with E-state index in [9.17, 15) is 23.6 Å². The molecular formula is C75H85FN28O8. The molecule has 5 aliphatic heterocycles. The zero-order valence-electron chi connectivity index (χ0n) is 62.6. The van der Waals surface area contributed by atoms with Gasteiger partial charge in [-0.2, -0.15) is 0 Å². The summed E-state index contributed by atoms with van der Waals surface area (Å²) in [5.41, 5.74) is 38.1. The molecule has 2 fully saturated rings. The number of carbonyl (C=O) groups is 4. The SMILES string of the molecule is COc1ccncc1NC(=O)c1c(N)nn2cc3c(nc12)CCN(C(C)C)C3.COc1ccncc1NC(=O)c1c(N)nn2cc3c(nc12)CCN(C1CC1)C3.COc1ccncc1NC(=O)c1c(N)nn2cc3c(nc12)CCN(CCF)C3.Cc1ccncc1NC(=O)c1c(N)nn2cc3c(nc12)CCN(C1COC1)C3. The molecule has 112 heavy (non-hydrogen) atoms. The quantitative estimate of drug-likeness (QED) is 0.0588. The number of nitrogen functional groups attached to an aromatic ring is 4. The molecule has 12 aromatic heterocycles. The lowest BCUT2D eigenvalue weighted by Crippen LogP contribution is -2.50. The molecule has 36 nitrogen and oxygen atoms in total. The van der Waals surface area contributed by atoms with Crippen LogP contribution in [0.2, 0.25) is 0 Å². The van der Waals surface area contributed by atoms with Crippen molar-refractivity contribution in [1.82, 2.24) is 97.9 Å². The number of fused-ring (bicyclic) bond motifs is 8. The maximum atomic E-state index is 12.9. The Morgan fingerprint density at radius 2 is 0.830 bits per heavy atom. The number of ether oxygens (including phenoxy) is 4. The van der Waals surface area contributed by atoms with Gasteiger partial charge in [0.05, 0.1) is 93.8 Å². The highest BCUT2D eigenvalue weighted by Crippen LogP contribution is 2.35. The minimum absolute atomic E-state index is 0.0795. The molecule has 1 saturated heterocycles. The first-order chi connectivity index (χ1) is 54.3. The van der Waals surface area contributed by atoms with Crippen LogP contribution < -0.4 is 58.4 Å². The van der Waals surface area contributed by atoms with Gasteiger partial charge in [-0.15, -0.1) is 20.4 Å². The van der Waals surface area contributed by atoms with Crippen molar-refractivity contribution >= 4 is 92.2 Å². The highest BCUT2D eigenvalue weighted by Gasteiger charge is 2.35. The molecule has 6 aliphatic rings. The van der Waals surface area contributed by atoms with Crippen LogP contribution in [0, 0.1) is 6.92 Å². The number of hydrogen-bond acceptors (Lipinski definition) is 28. The molecular weight excluding hydrogens is 1440 g/mol. The number of pyridine rings is 4. The predicted octanol–water partition coefficient (Wildman–Crippen LogP) is 5.54. The summed E-state index contributed by atoms with van der Waals surface area (Å²) in [7, 11) is 4.57. The second kappa shape index (κ2) is 32.1. The van der Waals surface area contributed by atoms with Gasteiger partial charge in [-0.05, 0) is 45.2 Å². The Labute approximate surface area is 640 Å². The van der Waals surface area contributed by atoms with Gasteiger partial charge in [-0.25, -0.2) is 42.4 Å². The Morgan fingerprint density at radius 1 is 0.482 bits per heavy atom. The maximum Gasteiger partial charge on any atom is 0.263 e. The lowest BCUT2D eigenvalue weighted by atomic mass is 10.0. The Kier molecular flexibility index (Phi) is 21.4. The van der Waals surface area contributed by atoms with Gasteiger partial charge >= 0.3 is 0 Å². The summed E-state index contributed by atoms with van der Waals surface area (Å²) in [6, 6.07) is 8.48. The number of alkyl halides is 1. The summed E-state index contributed by atoms with van der Waals surface area (Å²) in [6.07, 6.45) is 26.0. The third-order valence-corrected chi connectivity index (χ3v) is 20.6. The van der Waals surface area contributed by atoms with Crippen molar-refractivity contribution in [3.63, 3.8) is 0 Å². The van der Waals surface area contributed by atoms with Crippen LogP contribution in [0.1, 0.15) is 119 Å². The lowest BCUT2D eigenvalue weighted by Gasteiger charge is -2.39. The van der Waals surface area contributed by atoms with E-state index < -0.39 is 11.8 Å². The van der Waals surface area contributed by atoms with Crippen molar-refractivity contribution in [2.45, 2.75) is 104 Å². The Morgan fingerprint density at radius 3 is 1.19 bits per heavy atom. The molecule has 0 spiro atoms. The number of nitrogens with two attached hydrogens (primary N) is 4. The summed E-state index contributed by atoms with van der Waals surface area (Å²) >= 11 is 0. The normalized spacial score (nSPS) is 15.6. The molecule has 0 atom stereocenters. The first kappa shape index (κ1) is 74.7. The van der Waals surface area contributed by atoms with Crippen LogP contribution >= 0.6 is 0 Å². The highest BCUT2D eigenvalue weighted by atomic mass is 19.1. The van der Waals surface area contributed by atoms with E-state index in [4.69, 9.17) is 56.8 Å². The fraction of sp³-hybridized carbons (Fsp3) is 0.360. The molecule has 0 unspecified atom stereocenters. The van der Waals surface area contributed by atoms with Gasteiger partial charge < -0.3 is 63.1 Å². The Bertz CT molecular complexity index is 5420. The van der Waals surface area contributed by atoms with Crippen LogP contribution in [0.4, 0.5) is 50.4 Å². The Balaban J connectivity index is 0.000000118. The van der Waals surface area contributed by atoms with Crippen molar-refractivity contribution in [1.29, 1.82) is 0 Å². The molecule has 1 aliphatic carbocycles. The standard InChI is InChI=1S/2C19H21N7O2.C19H23N7O2.C18H20FN7O2/c1-11-2-4-21-6-15(11)23-19(27)16-17(20)24-26-8-12-7-25(13-9-28-10-13)5-3-14(12)22-18(16)26;1-28-15-4-6-21-8-14(15)23-19(27)16-17(20)24-26-10-11-9-25(12-2-3-12)7-5-13(11)22-18(16)26;1-11(2)25-7-5-13-12(9-25)10-26-18(22-13)16(17(20)24-26)19(27)23-14-8-21-6-4-15(14)28-3;1-28-14-2-5-21-8-13(14)23-18(27)15-16(20)24-26-10-11-9-25(7-4-19)6-3-12(11)22-17(15)26/h2,4,6,8,13H,3,5,7,9-10H2,1H3,(H2,20,24)(H,23,27);4,6,8,10,12H,2-3,5,7,9H2,1H3,(H2,20,24)(H,23,27);4,6,8,10-11H,5,7,9H2,1-3H3,(H2,20,24)(H,23,27);2,5,8,10H,3-4,6-7,9H2,1H3,(H2,20,24)(H,23,27). The average Bonchev–Trinajstić information content (AvgIpc) is 1.60. The van der Waals surface area contributed by atoms with Gasteiger partial charge in [-0.3, -0.25) is 58.7 Å². The molecule has 0 bridgehead atoms. The van der Waals surface area contributed by atoms with Crippen molar-refractivity contribution in [2.75, 3.05) is 118 Å². The van der Waals surface area contributed by atoms with E-state index in [0.717, 1.165) is 129 Å². The average molecular weight is 1530 g/mol. The molecule has 4 amide bonds. The number of carbonyl (C=O) groups excluding carboxylic acids is 4. The topological polar surface area (TPSA) is 443 Å². The monoisotopic (exact) mass is 1520 g/mol. The summed E-state index contributed by atoms with van der Waals surface area (Å²) in [4.78, 5) is 95.8. The van der Waals surface area contributed by atoms with Crippen molar-refractivity contribution in [3.05, 3.63) is 171 Å². The van der Waals surface area contributed by atoms with Crippen LogP contribution in [0.3, 0.4) is 0 Å². The van der Waals surface area contributed by atoms with Crippen LogP contribution in [0.25, 0.3) is 22.6 Å². The van der Waals surface area contributed by atoms with E-state index in [1.807, 2.05) is 36.5 Å². The zero-order valence-corrected chi connectivity index (χ0v) is 62.6. The second-order valence-corrected chi connectivity index (χ2v) is 28.1. The van der Waals surface area contributed by atoms with Crippen LogP contribution in [-0.4, -0.2) is 214 Å². The molecule has 1 saturated carbocycles. The van der Waals surface area contributed by atoms with E-state index in [1.165, 1.54) is 57.3 Å². The number of anilines is 8. The maximum absolute atomic E-state index is 12.9. The number of aryl methyl sites for hydroxylation is 1. The van der Waals surface area contributed by atoms with Gasteiger partial charge in [0, 0.05) is 187 Å². The molecule has 17 heterocycles. The Hall–Kier alpha value is -12.7. The number of amides is 4. The number of methoxy groups -OCH3 is 3. The van der Waals surface area contributed by atoms with E-state index in [2.05, 4.69) is 95.1 Å². The fourth-order valence-electron chi connectivity index (χ4n) is 14.3. The smallest absolute Gasteiger partial charge is 0.263 e. The van der Waals surface area contributed by atoms with Gasteiger partial charge in [0.1, 0.15) is 63.2 Å². The first-order valence-corrected chi connectivity index (χ1v) is 36.7. The molecule has 0 radical (unpaired) electrons. The minimum Gasteiger partial charge on any atom is -0.494 e. The first-order valence-electron chi connectivity index (χ1n) is 36.7. The number of halogens is 1. The van der Waals surface area contributed by atoms with E-state index in [1.54, 1.807) is 68.9 Å². The summed E-state index contributed by atoms with van der Waals surface area (Å²) in [5.74, 6) is 0.478. The van der Waals surface area contributed by atoms with Crippen molar-refractivity contribution in [2.24, 2.45) is 0 Å². The summed E-state index contributed by atoms with van der Waals surface area (Å²) in [5, 5.41) is 28.4. The van der Waals surface area contributed by atoms with E-state index in [-0.39, 0.29) is 58.5 Å². The van der Waals surface area contributed by atoms with Crippen molar-refractivity contribution in [3.8, 4) is 17.2 Å². The van der Waals surface area contributed by atoms with E-state index in [0.29, 0.717) is 106 Å². The van der Waals surface area contributed by atoms with Crippen LogP contribution in [0.15, 0.2) is 98.6 Å². The molecule has 12 N–H and O–H groups in total. The van der Waals surface area contributed by atoms with Gasteiger partial charge in [0.2, 0.25) is 0 Å². The number of nitrogens with one attached hydrogen (secondary N) is 4. The third kappa shape index (κ3) is 15.5. The van der Waals surface area contributed by atoms with Crippen molar-refractivity contribution < 1.29 is 42.5 Å². The lowest BCUT2D eigenvalue weighted by molar-refractivity contribution is -0.0697. The molecule has 37 heteroatoms. The number of hydrogen-bond donors (Lipinski definition) is 8. The minimum atomic E-state index is -0.443. The van der Waals surface area contributed by atoms with Gasteiger partial charge in [0.25, 0.3) is 23.6 Å². The number of rotatable bonds is 16. The predicted molar refractivity (Wildman–Crippen MR) is 413 cm³/mol. The molecule has 580 valence electrons. The number of aromatic nitrogens is 16. The zero-order chi connectivity index (χ0) is 78.0. The van der Waals surface area contributed by atoms with Gasteiger partial charge in [0.15, 0.2) is 45.9 Å². The van der Waals surface area contributed by atoms with E-state index >= 15 is 0 Å². The largest absolute Gasteiger partial charge is 0.494 e. The van der Waals surface area contributed by atoms with Crippen LogP contribution in [0.5, 0.6) is 17.2 Å². The van der Waals surface area contributed by atoms with Gasteiger partial charge in [-0.1, -0.05) is 0 Å². The third-order valence-electron chi connectivity index (χ3n) is 20.6. The second-order valence-electron chi connectivity index (χ2n) is 28.1. The van der Waals surface area contributed by atoms with Crippen LogP contribution in [-0.2, 0) is 56.6 Å². The molecule has 0 aromatic carbocycles.